The number of carbonyl (C=O) groups is 2. The number of aryl methyl sites for hydroxylation is 1. The number of ketones is 1. The van der Waals surface area contributed by atoms with E-state index >= 15 is 0 Å². The van der Waals surface area contributed by atoms with E-state index in [1.807, 2.05) is 39.0 Å². The molecule has 0 bridgehead atoms. The minimum atomic E-state index is -0.264. The first-order chi connectivity index (χ1) is 8.81. The van der Waals surface area contributed by atoms with Gasteiger partial charge in [-0.15, -0.1) is 0 Å². The molecule has 0 saturated carbocycles. The lowest BCUT2D eigenvalue weighted by molar-refractivity contribution is -0.124. The maximum Gasteiger partial charge on any atom is 0.255 e. The summed E-state index contributed by atoms with van der Waals surface area (Å²) in [6, 6.07) is 5.65. The maximum absolute atomic E-state index is 12.7. The van der Waals surface area contributed by atoms with Crippen molar-refractivity contribution in [2.75, 3.05) is 6.54 Å². The highest BCUT2D eigenvalue weighted by Crippen LogP contribution is 2.28. The summed E-state index contributed by atoms with van der Waals surface area (Å²) in [6.07, 6.45) is 1.29. The van der Waals surface area contributed by atoms with Crippen LogP contribution in [0, 0.1) is 6.92 Å². The van der Waals surface area contributed by atoms with Gasteiger partial charge < -0.3 is 4.90 Å². The van der Waals surface area contributed by atoms with E-state index in [1.54, 1.807) is 4.90 Å². The van der Waals surface area contributed by atoms with Gasteiger partial charge in [0.25, 0.3) is 5.91 Å². The predicted molar refractivity (Wildman–Crippen MR) is 78.2 cm³/mol. The Morgan fingerprint density at radius 1 is 1.37 bits per heavy atom. The average molecular weight is 324 g/mol. The largest absolute Gasteiger partial charge is 0.326 e. The molecule has 1 aromatic carbocycles. The summed E-state index contributed by atoms with van der Waals surface area (Å²) >= 11 is 3.39. The van der Waals surface area contributed by atoms with E-state index in [0.717, 1.165) is 16.5 Å². The fraction of sp³-hybridized carbons (Fsp3) is 0.467. The van der Waals surface area contributed by atoms with Gasteiger partial charge in [0.15, 0.2) is 5.78 Å². The molecule has 0 aromatic heterocycles. The van der Waals surface area contributed by atoms with Crippen LogP contribution in [0.25, 0.3) is 0 Å². The minimum absolute atomic E-state index is 0.0585. The van der Waals surface area contributed by atoms with E-state index < -0.39 is 0 Å². The van der Waals surface area contributed by atoms with Crippen molar-refractivity contribution in [3.05, 3.63) is 33.8 Å². The van der Waals surface area contributed by atoms with Gasteiger partial charge >= 0.3 is 0 Å². The third kappa shape index (κ3) is 2.89. The van der Waals surface area contributed by atoms with Gasteiger partial charge in [0, 0.05) is 22.0 Å². The van der Waals surface area contributed by atoms with Crippen molar-refractivity contribution < 1.29 is 9.59 Å². The molecule has 1 saturated heterocycles. The molecule has 1 aliphatic heterocycles. The van der Waals surface area contributed by atoms with Gasteiger partial charge in [-0.05, 0) is 44.9 Å². The highest BCUT2D eigenvalue weighted by Gasteiger charge is 2.37. The van der Waals surface area contributed by atoms with Crippen LogP contribution in [0.4, 0.5) is 0 Å². The van der Waals surface area contributed by atoms with Gasteiger partial charge in [0.1, 0.15) is 0 Å². The summed E-state index contributed by atoms with van der Waals surface area (Å²) in [5, 5.41) is 0. The van der Waals surface area contributed by atoms with Gasteiger partial charge in [-0.25, -0.2) is 0 Å². The number of rotatable bonds is 1. The van der Waals surface area contributed by atoms with Crippen LogP contribution in [-0.4, -0.2) is 28.7 Å². The lowest BCUT2D eigenvalue weighted by Gasteiger charge is -2.42. The fourth-order valence-corrected chi connectivity index (χ4v) is 2.73. The topological polar surface area (TPSA) is 37.4 Å². The summed E-state index contributed by atoms with van der Waals surface area (Å²) in [5.41, 5.74) is 1.33. The van der Waals surface area contributed by atoms with Crippen LogP contribution >= 0.6 is 15.9 Å². The first kappa shape index (κ1) is 14.3. The van der Waals surface area contributed by atoms with Gasteiger partial charge in [0.05, 0.1) is 6.54 Å². The monoisotopic (exact) mass is 323 g/mol. The number of nitrogens with zero attached hydrogens (tertiary/aromatic N) is 1. The molecule has 4 heteroatoms. The molecular formula is C15H18BrNO2. The lowest BCUT2D eigenvalue weighted by Crippen LogP contribution is -2.53. The van der Waals surface area contributed by atoms with E-state index in [4.69, 9.17) is 0 Å². The Morgan fingerprint density at radius 3 is 2.74 bits per heavy atom. The molecule has 0 aliphatic carbocycles. The van der Waals surface area contributed by atoms with Gasteiger partial charge in [-0.1, -0.05) is 22.0 Å². The highest BCUT2D eigenvalue weighted by molar-refractivity contribution is 9.10. The van der Waals surface area contributed by atoms with Crippen molar-refractivity contribution in [1.29, 1.82) is 0 Å². The Hall–Kier alpha value is -1.16. The van der Waals surface area contributed by atoms with Gasteiger partial charge in [0.2, 0.25) is 0 Å². The molecular weight excluding hydrogens is 306 g/mol. The zero-order valence-electron chi connectivity index (χ0n) is 11.5. The SMILES string of the molecule is Cc1ccc(Br)cc1C(=O)N1CC(=O)CCC1(C)C. The number of hydrogen-bond donors (Lipinski definition) is 0. The smallest absolute Gasteiger partial charge is 0.255 e. The summed E-state index contributed by atoms with van der Waals surface area (Å²) in [4.78, 5) is 26.0. The lowest BCUT2D eigenvalue weighted by atomic mass is 9.89. The first-order valence-electron chi connectivity index (χ1n) is 6.41. The maximum atomic E-state index is 12.7. The molecule has 3 nitrogen and oxygen atoms in total. The fourth-order valence-electron chi connectivity index (χ4n) is 2.37. The molecule has 0 N–H and O–H groups in total. The van der Waals surface area contributed by atoms with Gasteiger partial charge in [-0.3, -0.25) is 9.59 Å². The van der Waals surface area contributed by atoms with Crippen LogP contribution in [0.3, 0.4) is 0 Å². The second kappa shape index (κ2) is 5.08. The van der Waals surface area contributed by atoms with Crippen molar-refractivity contribution in [1.82, 2.24) is 4.90 Å². The summed E-state index contributed by atoms with van der Waals surface area (Å²) in [6.45, 7) is 6.17. The Balaban J connectivity index is 2.37. The second-order valence-electron chi connectivity index (χ2n) is 5.70. The quantitative estimate of drug-likeness (QED) is 0.794. The number of hydrogen-bond acceptors (Lipinski definition) is 2. The van der Waals surface area contributed by atoms with Crippen LogP contribution in [0.2, 0.25) is 0 Å². The molecule has 102 valence electrons. The molecule has 0 unspecified atom stereocenters. The summed E-state index contributed by atoms with van der Waals surface area (Å²) in [7, 11) is 0. The normalized spacial score (nSPS) is 18.5. The van der Waals surface area contributed by atoms with Crippen molar-refractivity contribution in [3.8, 4) is 0 Å². The van der Waals surface area contributed by atoms with Crippen LogP contribution in [-0.2, 0) is 4.79 Å². The van der Waals surface area contributed by atoms with Crippen molar-refractivity contribution in [2.45, 2.75) is 39.2 Å². The molecule has 0 spiro atoms. The minimum Gasteiger partial charge on any atom is -0.326 e. The van der Waals surface area contributed by atoms with Crippen LogP contribution in [0.1, 0.15) is 42.6 Å². The second-order valence-corrected chi connectivity index (χ2v) is 6.62. The van der Waals surface area contributed by atoms with E-state index in [2.05, 4.69) is 15.9 Å². The molecule has 1 fully saturated rings. The number of Topliss-reactive ketones (excluding diaryl/α,β-unsaturated/α-hetero) is 1. The molecule has 0 radical (unpaired) electrons. The predicted octanol–water partition coefficient (Wildman–Crippen LogP) is 3.34. The number of amides is 1. The van der Waals surface area contributed by atoms with Crippen LogP contribution in [0.15, 0.2) is 22.7 Å². The number of benzene rings is 1. The number of carbonyl (C=O) groups excluding carboxylic acids is 2. The molecule has 19 heavy (non-hydrogen) atoms. The number of likely N-dealkylation sites (tertiary alicyclic amines) is 1. The van der Waals surface area contributed by atoms with Crippen molar-refractivity contribution >= 4 is 27.6 Å². The molecule has 0 atom stereocenters. The Bertz CT molecular complexity index is 537. The zero-order valence-corrected chi connectivity index (χ0v) is 13.1. The Kier molecular flexibility index (Phi) is 3.81. The standard InChI is InChI=1S/C15H18BrNO2/c1-10-4-5-11(16)8-13(10)14(19)17-9-12(18)6-7-15(17,2)3/h4-5,8H,6-7,9H2,1-3H3. The summed E-state index contributed by atoms with van der Waals surface area (Å²) in [5.74, 6) is 0.0807. The van der Waals surface area contributed by atoms with Crippen molar-refractivity contribution in [3.63, 3.8) is 0 Å². The van der Waals surface area contributed by atoms with E-state index in [9.17, 15) is 9.59 Å². The van der Waals surface area contributed by atoms with Crippen molar-refractivity contribution in [2.24, 2.45) is 0 Å². The van der Waals surface area contributed by atoms with Gasteiger partial charge in [-0.2, -0.15) is 0 Å². The molecule has 2 rings (SSSR count). The van der Waals surface area contributed by atoms with Crippen LogP contribution in [0.5, 0.6) is 0 Å². The zero-order chi connectivity index (χ0) is 14.2. The molecule has 1 heterocycles. The molecule has 1 aliphatic rings. The number of halogens is 1. The Morgan fingerprint density at radius 2 is 2.05 bits per heavy atom. The Labute approximate surface area is 122 Å². The highest BCUT2D eigenvalue weighted by atomic mass is 79.9. The van der Waals surface area contributed by atoms with E-state index in [0.29, 0.717) is 12.0 Å². The first-order valence-corrected chi connectivity index (χ1v) is 7.20. The van der Waals surface area contributed by atoms with E-state index in [1.165, 1.54) is 0 Å². The third-order valence-electron chi connectivity index (χ3n) is 3.76. The average Bonchev–Trinajstić information content (AvgIpc) is 2.34. The van der Waals surface area contributed by atoms with Crippen LogP contribution < -0.4 is 0 Å². The van der Waals surface area contributed by atoms with E-state index in [-0.39, 0.29) is 23.8 Å². The molecule has 1 amide bonds. The summed E-state index contributed by atoms with van der Waals surface area (Å²) < 4.78 is 0.877. The number of piperidine rings is 1. The third-order valence-corrected chi connectivity index (χ3v) is 4.25. The molecule has 1 aromatic rings.